The van der Waals surface area contributed by atoms with E-state index >= 15 is 0 Å². The molecule has 3 rings (SSSR count). The highest BCUT2D eigenvalue weighted by Crippen LogP contribution is 2.25. The van der Waals surface area contributed by atoms with Crippen LogP contribution in [0.15, 0.2) is 60.0 Å². The van der Waals surface area contributed by atoms with E-state index in [0.717, 1.165) is 28.5 Å². The third kappa shape index (κ3) is 4.43. The van der Waals surface area contributed by atoms with E-state index in [0.29, 0.717) is 6.54 Å². The van der Waals surface area contributed by atoms with E-state index in [1.165, 1.54) is 12.5 Å². The summed E-state index contributed by atoms with van der Waals surface area (Å²) in [5.74, 6) is -0.0206. The number of nitrogens with one attached hydrogen (secondary N) is 2. The number of carbonyl (C=O) groups is 1. The molecule has 0 unspecified atom stereocenters. The van der Waals surface area contributed by atoms with E-state index in [2.05, 4.69) is 33.1 Å². The van der Waals surface area contributed by atoms with Crippen molar-refractivity contribution in [1.29, 1.82) is 0 Å². The molecule has 0 radical (unpaired) electrons. The number of thiazole rings is 1. The molecule has 2 aromatic carbocycles. The Hall–Kier alpha value is -2.66. The first-order valence-electron chi connectivity index (χ1n) is 7.78. The Morgan fingerprint density at radius 3 is 2.42 bits per heavy atom. The van der Waals surface area contributed by atoms with Crippen LogP contribution < -0.4 is 10.6 Å². The van der Waals surface area contributed by atoms with Crippen molar-refractivity contribution in [3.8, 4) is 11.3 Å². The lowest BCUT2D eigenvalue weighted by molar-refractivity contribution is -0.119. The maximum atomic E-state index is 10.9. The number of carbonyl (C=O) groups excluding carboxylic acids is 1. The lowest BCUT2D eigenvalue weighted by Gasteiger charge is -2.04. The molecule has 1 aromatic heterocycles. The van der Waals surface area contributed by atoms with Crippen molar-refractivity contribution in [2.45, 2.75) is 20.0 Å². The second-order valence-corrected chi connectivity index (χ2v) is 6.34. The van der Waals surface area contributed by atoms with E-state index in [-0.39, 0.29) is 5.91 Å². The number of hydrogen-bond acceptors (Lipinski definition) is 4. The van der Waals surface area contributed by atoms with Crippen LogP contribution in [-0.2, 0) is 17.9 Å². The van der Waals surface area contributed by atoms with Gasteiger partial charge in [-0.2, -0.15) is 0 Å². The van der Waals surface area contributed by atoms with Crippen molar-refractivity contribution < 1.29 is 4.79 Å². The van der Waals surface area contributed by atoms with Gasteiger partial charge in [-0.1, -0.05) is 54.6 Å². The van der Waals surface area contributed by atoms with E-state index < -0.39 is 0 Å². The molecule has 1 heterocycles. The molecule has 0 bridgehead atoms. The maximum Gasteiger partial charge on any atom is 0.217 e. The van der Waals surface area contributed by atoms with E-state index in [9.17, 15) is 4.79 Å². The number of rotatable bonds is 6. The Bertz CT molecular complexity index is 797. The van der Waals surface area contributed by atoms with Crippen molar-refractivity contribution in [3.63, 3.8) is 0 Å². The zero-order valence-electron chi connectivity index (χ0n) is 13.5. The van der Waals surface area contributed by atoms with Crippen molar-refractivity contribution in [2.24, 2.45) is 0 Å². The summed E-state index contributed by atoms with van der Waals surface area (Å²) in [7, 11) is 0. The Morgan fingerprint density at radius 2 is 1.71 bits per heavy atom. The normalized spacial score (nSPS) is 10.4. The number of nitrogens with zero attached hydrogens (tertiary/aromatic N) is 1. The fourth-order valence-electron chi connectivity index (χ4n) is 2.28. The first kappa shape index (κ1) is 16.2. The topological polar surface area (TPSA) is 54.0 Å². The number of anilines is 1. The first-order valence-corrected chi connectivity index (χ1v) is 8.66. The fraction of sp³-hybridized carbons (Fsp3) is 0.158. The largest absolute Gasteiger partial charge is 0.357 e. The van der Waals surface area contributed by atoms with Crippen LogP contribution in [0.25, 0.3) is 11.3 Å². The molecule has 2 N–H and O–H groups in total. The molecule has 3 aromatic rings. The summed E-state index contributed by atoms with van der Waals surface area (Å²) in [6.45, 7) is 2.84. The molecule has 4 nitrogen and oxygen atoms in total. The summed E-state index contributed by atoms with van der Waals surface area (Å²) in [6.07, 6.45) is 0. The Balaban J connectivity index is 1.61. The lowest BCUT2D eigenvalue weighted by atomic mass is 10.1. The minimum atomic E-state index is -0.0206. The molecule has 24 heavy (non-hydrogen) atoms. The quantitative estimate of drug-likeness (QED) is 0.713. The average molecular weight is 337 g/mol. The van der Waals surface area contributed by atoms with Crippen molar-refractivity contribution in [1.82, 2.24) is 10.3 Å². The van der Waals surface area contributed by atoms with E-state index in [1.54, 1.807) is 11.3 Å². The zero-order chi connectivity index (χ0) is 16.8. The molecule has 1 amide bonds. The minimum absolute atomic E-state index is 0.0206. The third-order valence-electron chi connectivity index (χ3n) is 3.58. The van der Waals surface area contributed by atoms with Gasteiger partial charge in [0.25, 0.3) is 0 Å². The van der Waals surface area contributed by atoms with Gasteiger partial charge in [0.05, 0.1) is 5.69 Å². The highest BCUT2D eigenvalue weighted by atomic mass is 32.1. The summed E-state index contributed by atoms with van der Waals surface area (Å²) in [5.41, 5.74) is 4.34. The van der Waals surface area contributed by atoms with Gasteiger partial charge in [-0.15, -0.1) is 11.3 Å². The van der Waals surface area contributed by atoms with Gasteiger partial charge in [0.2, 0.25) is 5.91 Å². The number of benzene rings is 2. The summed E-state index contributed by atoms with van der Waals surface area (Å²) in [4.78, 5) is 15.6. The first-order chi connectivity index (χ1) is 11.7. The van der Waals surface area contributed by atoms with Crippen LogP contribution in [0.5, 0.6) is 0 Å². The van der Waals surface area contributed by atoms with Gasteiger partial charge in [0.15, 0.2) is 5.13 Å². The number of amides is 1. The molecular weight excluding hydrogens is 318 g/mol. The molecule has 0 aliphatic rings. The second-order valence-electron chi connectivity index (χ2n) is 5.48. The zero-order valence-corrected chi connectivity index (χ0v) is 14.3. The molecule has 0 aliphatic carbocycles. The fourth-order valence-corrected chi connectivity index (χ4v) is 3.00. The number of aromatic nitrogens is 1. The van der Waals surface area contributed by atoms with Gasteiger partial charge in [0.1, 0.15) is 0 Å². The second kappa shape index (κ2) is 7.75. The molecule has 5 heteroatoms. The van der Waals surface area contributed by atoms with Crippen LogP contribution in [0.4, 0.5) is 5.13 Å². The van der Waals surface area contributed by atoms with Gasteiger partial charge < -0.3 is 10.6 Å². The Morgan fingerprint density at radius 1 is 1.00 bits per heavy atom. The predicted octanol–water partition coefficient (Wildman–Crippen LogP) is 4.06. The maximum absolute atomic E-state index is 10.9. The van der Waals surface area contributed by atoms with Crippen LogP contribution in [-0.4, -0.2) is 10.9 Å². The van der Waals surface area contributed by atoms with Crippen LogP contribution in [0.1, 0.15) is 18.1 Å². The summed E-state index contributed by atoms with van der Waals surface area (Å²) in [5, 5.41) is 9.11. The van der Waals surface area contributed by atoms with E-state index in [4.69, 9.17) is 0 Å². The van der Waals surface area contributed by atoms with Crippen molar-refractivity contribution in [2.75, 3.05) is 5.32 Å². The standard InChI is InChI=1S/C19H19N3OS/c1-14(23)20-11-16-7-9-17(10-8-16)18-13-24-19(22-18)21-12-15-5-3-2-4-6-15/h2-10,13H,11-12H2,1H3,(H,20,23)(H,21,22). The molecule has 0 aliphatic heterocycles. The molecule has 0 saturated carbocycles. The summed E-state index contributed by atoms with van der Waals surface area (Å²) >= 11 is 1.60. The van der Waals surface area contributed by atoms with Crippen LogP contribution >= 0.6 is 11.3 Å². The van der Waals surface area contributed by atoms with Crippen LogP contribution in [0.2, 0.25) is 0 Å². The molecule has 122 valence electrons. The summed E-state index contributed by atoms with van der Waals surface area (Å²) < 4.78 is 0. The highest BCUT2D eigenvalue weighted by molar-refractivity contribution is 7.14. The Labute approximate surface area is 145 Å². The molecular formula is C19H19N3OS. The SMILES string of the molecule is CC(=O)NCc1ccc(-c2csc(NCc3ccccc3)n2)cc1. The van der Waals surface area contributed by atoms with Crippen molar-refractivity contribution in [3.05, 3.63) is 71.1 Å². The third-order valence-corrected chi connectivity index (χ3v) is 4.38. The number of hydrogen-bond donors (Lipinski definition) is 2. The molecule has 0 saturated heterocycles. The van der Waals surface area contributed by atoms with Gasteiger partial charge in [-0.25, -0.2) is 4.98 Å². The van der Waals surface area contributed by atoms with Gasteiger partial charge in [-0.3, -0.25) is 4.79 Å². The smallest absolute Gasteiger partial charge is 0.217 e. The average Bonchev–Trinajstić information content (AvgIpc) is 3.08. The predicted molar refractivity (Wildman–Crippen MR) is 98.8 cm³/mol. The van der Waals surface area contributed by atoms with E-state index in [1.807, 2.05) is 42.5 Å². The van der Waals surface area contributed by atoms with Gasteiger partial charge >= 0.3 is 0 Å². The van der Waals surface area contributed by atoms with Crippen LogP contribution in [0.3, 0.4) is 0 Å². The molecule has 0 spiro atoms. The Kier molecular flexibility index (Phi) is 5.23. The highest BCUT2D eigenvalue weighted by Gasteiger charge is 2.05. The van der Waals surface area contributed by atoms with Gasteiger partial charge in [0, 0.05) is 31.0 Å². The van der Waals surface area contributed by atoms with Crippen LogP contribution in [0, 0.1) is 0 Å². The van der Waals surface area contributed by atoms with Crippen molar-refractivity contribution >= 4 is 22.4 Å². The monoisotopic (exact) mass is 337 g/mol. The summed E-state index contributed by atoms with van der Waals surface area (Å²) in [6, 6.07) is 18.4. The lowest BCUT2D eigenvalue weighted by Crippen LogP contribution is -2.18. The van der Waals surface area contributed by atoms with Gasteiger partial charge in [-0.05, 0) is 11.1 Å². The minimum Gasteiger partial charge on any atom is -0.357 e. The molecule has 0 fully saturated rings. The molecule has 0 atom stereocenters.